The summed E-state index contributed by atoms with van der Waals surface area (Å²) in [6.45, 7) is 5.96. The number of hydrogen-bond acceptors (Lipinski definition) is 4. The van der Waals surface area contributed by atoms with Crippen LogP contribution < -0.4 is 10.1 Å². The number of hydrogen-bond donors (Lipinski definition) is 1. The van der Waals surface area contributed by atoms with E-state index in [0.717, 1.165) is 49.1 Å². The van der Waals surface area contributed by atoms with Gasteiger partial charge in [-0.1, -0.05) is 37.3 Å². The first-order chi connectivity index (χ1) is 13.0. The third kappa shape index (κ3) is 5.28. The SMILES string of the molecule is CCC(C(=O)NC1CCC(Oc2nc(C)cc(C)n2)CC1)c1ccccc1. The zero-order valence-electron chi connectivity index (χ0n) is 16.4. The van der Waals surface area contributed by atoms with Crippen molar-refractivity contribution < 1.29 is 9.53 Å². The molecule has 27 heavy (non-hydrogen) atoms. The van der Waals surface area contributed by atoms with E-state index >= 15 is 0 Å². The molecule has 1 aliphatic rings. The van der Waals surface area contributed by atoms with E-state index in [1.165, 1.54) is 0 Å². The molecule has 5 nitrogen and oxygen atoms in total. The molecule has 5 heteroatoms. The van der Waals surface area contributed by atoms with E-state index in [4.69, 9.17) is 4.74 Å². The van der Waals surface area contributed by atoms with Crippen molar-refractivity contribution in [3.8, 4) is 6.01 Å². The van der Waals surface area contributed by atoms with Crippen LogP contribution in [0.25, 0.3) is 0 Å². The molecule has 0 aliphatic heterocycles. The first kappa shape index (κ1) is 19.3. The van der Waals surface area contributed by atoms with Gasteiger partial charge in [0.15, 0.2) is 0 Å². The van der Waals surface area contributed by atoms with Crippen molar-refractivity contribution >= 4 is 5.91 Å². The van der Waals surface area contributed by atoms with Crippen molar-refractivity contribution in [2.24, 2.45) is 0 Å². The molecule has 0 bridgehead atoms. The Hall–Kier alpha value is -2.43. The van der Waals surface area contributed by atoms with Crippen molar-refractivity contribution in [2.75, 3.05) is 0 Å². The lowest BCUT2D eigenvalue weighted by Gasteiger charge is -2.30. The largest absolute Gasteiger partial charge is 0.460 e. The summed E-state index contributed by atoms with van der Waals surface area (Å²) in [5, 5.41) is 3.25. The zero-order valence-corrected chi connectivity index (χ0v) is 16.4. The highest BCUT2D eigenvalue weighted by Crippen LogP contribution is 2.25. The Morgan fingerprint density at radius 1 is 1.11 bits per heavy atom. The van der Waals surface area contributed by atoms with Gasteiger partial charge < -0.3 is 10.1 Å². The summed E-state index contributed by atoms with van der Waals surface area (Å²) < 4.78 is 5.97. The van der Waals surface area contributed by atoms with E-state index in [2.05, 4.69) is 22.2 Å². The van der Waals surface area contributed by atoms with Gasteiger partial charge in [0.05, 0.1) is 5.92 Å². The Balaban J connectivity index is 1.51. The number of nitrogens with zero attached hydrogens (tertiary/aromatic N) is 2. The molecule has 3 rings (SSSR count). The van der Waals surface area contributed by atoms with E-state index in [0.29, 0.717) is 6.01 Å². The smallest absolute Gasteiger partial charge is 0.317 e. The van der Waals surface area contributed by atoms with Crippen LogP contribution in [-0.2, 0) is 4.79 Å². The van der Waals surface area contributed by atoms with Crippen LogP contribution in [0.5, 0.6) is 6.01 Å². The fourth-order valence-electron chi connectivity index (χ4n) is 3.78. The van der Waals surface area contributed by atoms with Crippen LogP contribution in [-0.4, -0.2) is 28.0 Å². The van der Waals surface area contributed by atoms with Crippen LogP contribution in [0.3, 0.4) is 0 Å². The zero-order chi connectivity index (χ0) is 19.2. The Morgan fingerprint density at radius 3 is 2.33 bits per heavy atom. The van der Waals surface area contributed by atoms with Gasteiger partial charge in [-0.15, -0.1) is 0 Å². The maximum Gasteiger partial charge on any atom is 0.317 e. The van der Waals surface area contributed by atoms with Crippen LogP contribution in [0.4, 0.5) is 0 Å². The molecule has 1 aromatic carbocycles. The van der Waals surface area contributed by atoms with Gasteiger partial charge in [-0.2, -0.15) is 0 Å². The van der Waals surface area contributed by atoms with Gasteiger partial charge in [0.2, 0.25) is 5.91 Å². The van der Waals surface area contributed by atoms with Gasteiger partial charge in [-0.25, -0.2) is 9.97 Å². The topological polar surface area (TPSA) is 64.1 Å². The monoisotopic (exact) mass is 367 g/mol. The predicted octanol–water partition coefficient (Wildman–Crippen LogP) is 4.09. The van der Waals surface area contributed by atoms with Gasteiger partial charge in [0.25, 0.3) is 0 Å². The highest BCUT2D eigenvalue weighted by Gasteiger charge is 2.27. The molecular formula is C22H29N3O2. The van der Waals surface area contributed by atoms with Gasteiger partial charge in [-0.3, -0.25) is 4.79 Å². The Kier molecular flexibility index (Phi) is 6.43. The van der Waals surface area contributed by atoms with Gasteiger partial charge in [0.1, 0.15) is 6.10 Å². The third-order valence-corrected chi connectivity index (χ3v) is 5.18. The lowest BCUT2D eigenvalue weighted by Crippen LogP contribution is -2.41. The molecule has 1 unspecified atom stereocenters. The van der Waals surface area contributed by atoms with Crippen molar-refractivity contribution in [1.82, 2.24) is 15.3 Å². The maximum absolute atomic E-state index is 12.7. The number of nitrogens with one attached hydrogen (secondary N) is 1. The number of carbonyl (C=O) groups is 1. The summed E-state index contributed by atoms with van der Waals surface area (Å²) in [7, 11) is 0. The average Bonchev–Trinajstić information content (AvgIpc) is 2.64. The van der Waals surface area contributed by atoms with Crippen molar-refractivity contribution in [1.29, 1.82) is 0 Å². The molecule has 144 valence electrons. The van der Waals surface area contributed by atoms with E-state index in [1.54, 1.807) is 0 Å². The third-order valence-electron chi connectivity index (χ3n) is 5.18. The molecule has 1 aromatic heterocycles. The molecular weight excluding hydrogens is 338 g/mol. The summed E-state index contributed by atoms with van der Waals surface area (Å²) in [6.07, 6.45) is 4.58. The Labute approximate surface area is 161 Å². The van der Waals surface area contributed by atoms with Crippen molar-refractivity contribution in [3.63, 3.8) is 0 Å². The lowest BCUT2D eigenvalue weighted by atomic mass is 9.91. The molecule has 2 aromatic rings. The minimum absolute atomic E-state index is 0.0798. The highest BCUT2D eigenvalue weighted by molar-refractivity contribution is 5.83. The second-order valence-corrected chi connectivity index (χ2v) is 7.40. The average molecular weight is 367 g/mol. The number of aryl methyl sites for hydroxylation is 2. The number of benzene rings is 1. The first-order valence-electron chi connectivity index (χ1n) is 9.89. The number of carbonyl (C=O) groups excluding carboxylic acids is 1. The second-order valence-electron chi connectivity index (χ2n) is 7.40. The molecule has 1 heterocycles. The van der Waals surface area contributed by atoms with Gasteiger partial charge in [-0.05, 0) is 57.6 Å². The van der Waals surface area contributed by atoms with Gasteiger partial charge in [0, 0.05) is 17.4 Å². The fraction of sp³-hybridized carbons (Fsp3) is 0.500. The standard InChI is InChI=1S/C22H29N3O2/c1-4-20(17-8-6-5-7-9-17)21(26)25-18-10-12-19(13-11-18)27-22-23-15(2)14-16(3)24-22/h5-9,14,18-20H,4,10-13H2,1-3H3,(H,25,26). The molecule has 1 atom stereocenters. The number of rotatable bonds is 6. The maximum atomic E-state index is 12.7. The molecule has 1 aliphatic carbocycles. The van der Waals surface area contributed by atoms with Crippen LogP contribution >= 0.6 is 0 Å². The van der Waals surface area contributed by atoms with E-state index in [1.807, 2.05) is 50.2 Å². The highest BCUT2D eigenvalue weighted by atomic mass is 16.5. The lowest BCUT2D eigenvalue weighted by molar-refractivity contribution is -0.123. The normalized spacial score (nSPS) is 20.7. The van der Waals surface area contributed by atoms with E-state index in [9.17, 15) is 4.79 Å². The van der Waals surface area contributed by atoms with Crippen LogP contribution in [0.1, 0.15) is 61.9 Å². The number of amides is 1. The Morgan fingerprint density at radius 2 is 1.74 bits per heavy atom. The minimum atomic E-state index is -0.0798. The predicted molar refractivity (Wildman–Crippen MR) is 106 cm³/mol. The summed E-state index contributed by atoms with van der Waals surface area (Å²) in [4.78, 5) is 21.4. The number of aromatic nitrogens is 2. The minimum Gasteiger partial charge on any atom is -0.460 e. The molecule has 0 radical (unpaired) electrons. The molecule has 0 saturated heterocycles. The second kappa shape index (κ2) is 8.98. The summed E-state index contributed by atoms with van der Waals surface area (Å²) in [5.74, 6) is 0.0505. The molecule has 0 spiro atoms. The molecule has 1 fully saturated rings. The quantitative estimate of drug-likeness (QED) is 0.835. The van der Waals surface area contributed by atoms with Crippen LogP contribution in [0.15, 0.2) is 36.4 Å². The van der Waals surface area contributed by atoms with Crippen molar-refractivity contribution in [2.45, 2.75) is 70.9 Å². The van der Waals surface area contributed by atoms with E-state index in [-0.39, 0.29) is 24.0 Å². The Bertz CT molecular complexity index is 735. The fourth-order valence-corrected chi connectivity index (χ4v) is 3.78. The molecule has 1 amide bonds. The molecule has 1 N–H and O–H groups in total. The number of ether oxygens (including phenoxy) is 1. The molecule has 1 saturated carbocycles. The summed E-state index contributed by atoms with van der Waals surface area (Å²) >= 11 is 0. The van der Waals surface area contributed by atoms with Crippen molar-refractivity contribution in [3.05, 3.63) is 53.3 Å². The summed E-state index contributed by atoms with van der Waals surface area (Å²) in [5.41, 5.74) is 2.93. The van der Waals surface area contributed by atoms with Crippen LogP contribution in [0, 0.1) is 13.8 Å². The van der Waals surface area contributed by atoms with E-state index < -0.39 is 0 Å². The van der Waals surface area contributed by atoms with Gasteiger partial charge >= 0.3 is 6.01 Å². The summed E-state index contributed by atoms with van der Waals surface area (Å²) in [6, 6.07) is 12.6. The van der Waals surface area contributed by atoms with Crippen LogP contribution in [0.2, 0.25) is 0 Å². The first-order valence-corrected chi connectivity index (χ1v) is 9.89.